The van der Waals surface area contributed by atoms with E-state index in [9.17, 15) is 4.79 Å². The van der Waals surface area contributed by atoms with E-state index in [-0.39, 0.29) is 5.91 Å². The number of hydrogen-bond acceptors (Lipinski definition) is 3. The van der Waals surface area contributed by atoms with E-state index in [1.165, 1.54) is 0 Å². The molecule has 3 rings (SSSR count). The zero-order chi connectivity index (χ0) is 19.1. The fraction of sp³-hybridized carbons (Fsp3) is 0.136. The number of pyridine rings is 1. The van der Waals surface area contributed by atoms with Crippen LogP contribution in [0.5, 0.6) is 0 Å². The Kier molecular flexibility index (Phi) is 5.94. The summed E-state index contributed by atoms with van der Waals surface area (Å²) in [4.78, 5) is 21.2. The quantitative estimate of drug-likeness (QED) is 0.545. The van der Waals surface area contributed by atoms with E-state index in [0.717, 1.165) is 22.4 Å². The van der Waals surface area contributed by atoms with Gasteiger partial charge in [-0.1, -0.05) is 41.5 Å². The van der Waals surface area contributed by atoms with Gasteiger partial charge in [0.05, 0.1) is 6.54 Å². The lowest BCUT2D eigenvalue weighted by Crippen LogP contribution is -2.36. The number of carbonyl (C=O) groups is 1. The second-order valence-electron chi connectivity index (χ2n) is 6.34. The van der Waals surface area contributed by atoms with Crippen molar-refractivity contribution in [2.45, 2.75) is 20.4 Å². The number of benzene rings is 2. The first-order valence-corrected chi connectivity index (χ1v) is 8.75. The molecule has 0 fully saturated rings. The molecule has 136 valence electrons. The molecule has 0 aliphatic rings. The highest BCUT2D eigenvalue weighted by Crippen LogP contribution is 2.09. The van der Waals surface area contributed by atoms with E-state index >= 15 is 0 Å². The molecular weight excluding hydrogens is 336 g/mol. The molecule has 0 saturated heterocycles. The monoisotopic (exact) mass is 358 g/mol. The molecule has 2 N–H and O–H groups in total. The van der Waals surface area contributed by atoms with Gasteiger partial charge in [0.25, 0.3) is 5.91 Å². The summed E-state index contributed by atoms with van der Waals surface area (Å²) in [5.41, 5.74) is 4.67. The highest BCUT2D eigenvalue weighted by Gasteiger charge is 2.09. The fourth-order valence-corrected chi connectivity index (χ4v) is 2.43. The summed E-state index contributed by atoms with van der Waals surface area (Å²) in [5, 5.41) is 6.05. The Bertz CT molecular complexity index is 917. The van der Waals surface area contributed by atoms with Crippen molar-refractivity contribution in [3.05, 3.63) is 95.3 Å². The normalized spacial score (nSPS) is 11.1. The van der Waals surface area contributed by atoms with Crippen molar-refractivity contribution in [2.75, 3.05) is 5.32 Å². The van der Waals surface area contributed by atoms with E-state index in [4.69, 9.17) is 0 Å². The predicted molar refractivity (Wildman–Crippen MR) is 109 cm³/mol. The number of guanidine groups is 1. The molecule has 0 atom stereocenters. The zero-order valence-electron chi connectivity index (χ0n) is 15.4. The number of aliphatic imine (C=N–C) groups is 1. The molecule has 0 unspecified atom stereocenters. The van der Waals surface area contributed by atoms with Gasteiger partial charge >= 0.3 is 0 Å². The Balaban J connectivity index is 1.78. The van der Waals surface area contributed by atoms with Gasteiger partial charge in [-0.3, -0.25) is 15.1 Å². The first kappa shape index (κ1) is 18.3. The lowest BCUT2D eigenvalue weighted by atomic mass is 10.1. The summed E-state index contributed by atoms with van der Waals surface area (Å²) < 4.78 is 0. The van der Waals surface area contributed by atoms with Crippen molar-refractivity contribution >= 4 is 17.6 Å². The lowest BCUT2D eigenvalue weighted by molar-refractivity contribution is 0.0977. The number of carbonyl (C=O) groups excluding carboxylic acids is 1. The highest BCUT2D eigenvalue weighted by atomic mass is 16.1. The smallest absolute Gasteiger partial charge is 0.257 e. The Labute approximate surface area is 159 Å². The molecule has 0 aliphatic carbocycles. The maximum absolute atomic E-state index is 12.6. The second-order valence-corrected chi connectivity index (χ2v) is 6.34. The Hall–Kier alpha value is -3.47. The van der Waals surface area contributed by atoms with Crippen LogP contribution in [0.3, 0.4) is 0 Å². The number of aryl methyl sites for hydroxylation is 2. The number of amides is 1. The molecule has 2 aromatic carbocycles. The number of nitrogens with one attached hydrogen (secondary N) is 2. The van der Waals surface area contributed by atoms with E-state index < -0.39 is 0 Å². The van der Waals surface area contributed by atoms with E-state index in [2.05, 4.69) is 20.6 Å². The van der Waals surface area contributed by atoms with Crippen LogP contribution >= 0.6 is 0 Å². The highest BCUT2D eigenvalue weighted by molar-refractivity contribution is 6.09. The molecule has 1 heterocycles. The van der Waals surface area contributed by atoms with Crippen molar-refractivity contribution in [2.24, 2.45) is 4.99 Å². The summed E-state index contributed by atoms with van der Waals surface area (Å²) in [5.74, 6) is 0.188. The second kappa shape index (κ2) is 8.76. The van der Waals surface area contributed by atoms with Gasteiger partial charge in [-0.25, -0.2) is 4.99 Å². The molecule has 1 amide bonds. The van der Waals surface area contributed by atoms with Crippen molar-refractivity contribution < 1.29 is 4.79 Å². The van der Waals surface area contributed by atoms with Crippen molar-refractivity contribution in [3.63, 3.8) is 0 Å². The molecule has 3 aromatic rings. The molecule has 1 aromatic heterocycles. The third kappa shape index (κ3) is 5.51. The van der Waals surface area contributed by atoms with Gasteiger partial charge in [0.2, 0.25) is 5.96 Å². The molecule has 27 heavy (non-hydrogen) atoms. The van der Waals surface area contributed by atoms with Crippen LogP contribution < -0.4 is 10.6 Å². The molecule has 5 nitrogen and oxygen atoms in total. The van der Waals surface area contributed by atoms with Gasteiger partial charge in [0, 0.05) is 23.6 Å². The molecule has 0 spiro atoms. The summed E-state index contributed by atoms with van der Waals surface area (Å²) in [6.07, 6.45) is 3.48. The van der Waals surface area contributed by atoms with E-state index in [1.54, 1.807) is 24.5 Å². The number of anilines is 1. The Morgan fingerprint density at radius 1 is 0.963 bits per heavy atom. The van der Waals surface area contributed by atoms with Gasteiger partial charge < -0.3 is 5.32 Å². The summed E-state index contributed by atoms with van der Waals surface area (Å²) >= 11 is 0. The Morgan fingerprint density at radius 3 is 2.26 bits per heavy atom. The van der Waals surface area contributed by atoms with Crippen LogP contribution in [0.1, 0.15) is 27.0 Å². The number of aromatic nitrogens is 1. The van der Waals surface area contributed by atoms with E-state index in [0.29, 0.717) is 18.1 Å². The van der Waals surface area contributed by atoms with Gasteiger partial charge in [-0.15, -0.1) is 0 Å². The minimum atomic E-state index is -0.209. The number of rotatable bonds is 4. The average Bonchev–Trinajstić information content (AvgIpc) is 2.69. The summed E-state index contributed by atoms with van der Waals surface area (Å²) in [6, 6.07) is 19.1. The summed E-state index contributed by atoms with van der Waals surface area (Å²) in [6.45, 7) is 4.43. The van der Waals surface area contributed by atoms with Gasteiger partial charge in [-0.2, -0.15) is 0 Å². The molecule has 5 heteroatoms. The summed E-state index contributed by atoms with van der Waals surface area (Å²) in [7, 11) is 0. The topological polar surface area (TPSA) is 66.4 Å². The van der Waals surface area contributed by atoms with Crippen LogP contribution in [0.2, 0.25) is 0 Å². The van der Waals surface area contributed by atoms with Crippen LogP contribution in [0.4, 0.5) is 5.69 Å². The largest absolute Gasteiger partial charge is 0.326 e. The van der Waals surface area contributed by atoms with E-state index in [1.807, 2.05) is 62.4 Å². The first-order valence-electron chi connectivity index (χ1n) is 8.75. The molecule has 0 saturated carbocycles. The van der Waals surface area contributed by atoms with Crippen molar-refractivity contribution in [1.82, 2.24) is 10.3 Å². The van der Waals surface area contributed by atoms with Gasteiger partial charge in [0.1, 0.15) is 0 Å². The molecule has 0 radical (unpaired) electrons. The third-order valence-electron chi connectivity index (χ3n) is 4.00. The van der Waals surface area contributed by atoms with Gasteiger partial charge in [0.15, 0.2) is 0 Å². The standard InChI is InChI=1S/C22H22N4O/c1-16-5-9-19(10-6-16)21(27)26-22(24-15-18-4-3-13-23-14-18)25-20-11-7-17(2)8-12-20/h3-14H,15H2,1-2H3,(H2,24,25,26,27). The fourth-order valence-electron chi connectivity index (χ4n) is 2.43. The predicted octanol–water partition coefficient (Wildman–Crippen LogP) is 4.10. The van der Waals surface area contributed by atoms with Gasteiger partial charge in [-0.05, 0) is 49.7 Å². The first-order chi connectivity index (χ1) is 13.1. The number of nitrogens with zero attached hydrogens (tertiary/aromatic N) is 2. The SMILES string of the molecule is Cc1ccc(NC(=NCc2cccnc2)NC(=O)c2ccc(C)cc2)cc1. The molecular formula is C22H22N4O. The van der Waals surface area contributed by atoms with Crippen molar-refractivity contribution in [3.8, 4) is 0 Å². The van der Waals surface area contributed by atoms with Crippen LogP contribution in [0, 0.1) is 13.8 Å². The van der Waals surface area contributed by atoms with Crippen LogP contribution in [-0.4, -0.2) is 16.9 Å². The van der Waals surface area contributed by atoms with Crippen LogP contribution in [-0.2, 0) is 6.54 Å². The molecule has 0 aliphatic heterocycles. The zero-order valence-corrected chi connectivity index (χ0v) is 15.4. The van der Waals surface area contributed by atoms with Crippen LogP contribution in [0.25, 0.3) is 0 Å². The average molecular weight is 358 g/mol. The minimum Gasteiger partial charge on any atom is -0.326 e. The Morgan fingerprint density at radius 2 is 1.63 bits per heavy atom. The number of hydrogen-bond donors (Lipinski definition) is 2. The maximum Gasteiger partial charge on any atom is 0.257 e. The molecule has 0 bridgehead atoms. The van der Waals surface area contributed by atoms with Crippen LogP contribution in [0.15, 0.2) is 78.0 Å². The van der Waals surface area contributed by atoms with Crippen molar-refractivity contribution in [1.29, 1.82) is 0 Å². The minimum absolute atomic E-state index is 0.209. The maximum atomic E-state index is 12.6. The third-order valence-corrected chi connectivity index (χ3v) is 4.00. The lowest BCUT2D eigenvalue weighted by Gasteiger charge is -2.12.